The predicted molar refractivity (Wildman–Crippen MR) is 82.2 cm³/mol. The molecule has 1 aromatic carbocycles. The number of esters is 1. The molecule has 0 aliphatic carbocycles. The van der Waals surface area contributed by atoms with Crippen molar-refractivity contribution in [1.29, 1.82) is 0 Å². The Morgan fingerprint density at radius 3 is 3.00 bits per heavy atom. The van der Waals surface area contributed by atoms with Crippen molar-refractivity contribution in [3.63, 3.8) is 0 Å². The van der Waals surface area contributed by atoms with E-state index >= 15 is 0 Å². The molecule has 0 unspecified atom stereocenters. The summed E-state index contributed by atoms with van der Waals surface area (Å²) in [5.74, 6) is -0.245. The highest BCUT2D eigenvalue weighted by atomic mass is 35.5. The molecule has 0 bridgehead atoms. The van der Waals surface area contributed by atoms with Gasteiger partial charge in [0.2, 0.25) is 0 Å². The number of nitrogens with one attached hydrogen (secondary N) is 1. The summed E-state index contributed by atoms with van der Waals surface area (Å²) in [7, 11) is 1.37. The SMILES string of the molecule is COC(=O)CCc1csc(Nc2cccc(Cl)c2Cl)n1. The lowest BCUT2D eigenvalue weighted by Gasteiger charge is -2.05. The molecule has 0 atom stereocenters. The monoisotopic (exact) mass is 330 g/mol. The van der Waals surface area contributed by atoms with E-state index in [1.807, 2.05) is 17.5 Å². The van der Waals surface area contributed by atoms with Crippen LogP contribution in [0.1, 0.15) is 12.1 Å². The van der Waals surface area contributed by atoms with Gasteiger partial charge >= 0.3 is 5.97 Å². The zero-order valence-corrected chi connectivity index (χ0v) is 13.0. The van der Waals surface area contributed by atoms with Gasteiger partial charge in [-0.3, -0.25) is 4.79 Å². The number of carbonyl (C=O) groups excluding carboxylic acids is 1. The number of halogens is 2. The van der Waals surface area contributed by atoms with Gasteiger partial charge in [-0.25, -0.2) is 4.98 Å². The van der Waals surface area contributed by atoms with Crippen LogP contribution in [-0.2, 0) is 16.0 Å². The molecule has 20 heavy (non-hydrogen) atoms. The van der Waals surface area contributed by atoms with Crippen LogP contribution in [0.25, 0.3) is 0 Å². The van der Waals surface area contributed by atoms with Crippen molar-refractivity contribution in [3.8, 4) is 0 Å². The summed E-state index contributed by atoms with van der Waals surface area (Å²) in [6, 6.07) is 5.35. The van der Waals surface area contributed by atoms with Gasteiger partial charge in [0.15, 0.2) is 5.13 Å². The maximum absolute atomic E-state index is 11.1. The van der Waals surface area contributed by atoms with E-state index in [1.54, 1.807) is 6.07 Å². The topological polar surface area (TPSA) is 51.2 Å². The van der Waals surface area contributed by atoms with Crippen molar-refractivity contribution in [1.82, 2.24) is 4.98 Å². The predicted octanol–water partition coefficient (Wildman–Crippen LogP) is 4.30. The van der Waals surface area contributed by atoms with Crippen molar-refractivity contribution in [2.24, 2.45) is 0 Å². The van der Waals surface area contributed by atoms with Gasteiger partial charge in [0.25, 0.3) is 0 Å². The van der Waals surface area contributed by atoms with E-state index in [-0.39, 0.29) is 5.97 Å². The number of carbonyl (C=O) groups is 1. The largest absolute Gasteiger partial charge is 0.469 e. The molecule has 106 valence electrons. The van der Waals surface area contributed by atoms with Crippen LogP contribution in [0.2, 0.25) is 10.0 Å². The van der Waals surface area contributed by atoms with Crippen LogP contribution in [0.3, 0.4) is 0 Å². The van der Waals surface area contributed by atoms with E-state index in [2.05, 4.69) is 15.0 Å². The average molecular weight is 331 g/mol. The van der Waals surface area contributed by atoms with Gasteiger partial charge in [-0.05, 0) is 12.1 Å². The normalized spacial score (nSPS) is 10.3. The van der Waals surface area contributed by atoms with Crippen LogP contribution in [0.15, 0.2) is 23.6 Å². The average Bonchev–Trinajstić information content (AvgIpc) is 2.89. The number of rotatable bonds is 5. The first-order valence-corrected chi connectivity index (χ1v) is 7.46. The van der Waals surface area contributed by atoms with E-state index < -0.39 is 0 Å². The summed E-state index contributed by atoms with van der Waals surface area (Å²) in [5, 5.41) is 6.65. The van der Waals surface area contributed by atoms with E-state index in [0.29, 0.717) is 33.7 Å². The molecule has 4 nitrogen and oxygen atoms in total. The van der Waals surface area contributed by atoms with E-state index in [4.69, 9.17) is 23.2 Å². The van der Waals surface area contributed by atoms with Gasteiger partial charge in [0.1, 0.15) is 0 Å². The molecule has 1 aromatic heterocycles. The smallest absolute Gasteiger partial charge is 0.305 e. The molecule has 0 spiro atoms. The second-order valence-corrected chi connectivity index (χ2v) is 5.59. The van der Waals surface area contributed by atoms with Crippen LogP contribution in [-0.4, -0.2) is 18.1 Å². The molecule has 2 rings (SSSR count). The number of benzene rings is 1. The van der Waals surface area contributed by atoms with Gasteiger partial charge in [0.05, 0.1) is 35.0 Å². The molecule has 0 aliphatic heterocycles. The Hall–Kier alpha value is -1.30. The molecule has 1 heterocycles. The second-order valence-electron chi connectivity index (χ2n) is 3.95. The van der Waals surface area contributed by atoms with Crippen LogP contribution in [0, 0.1) is 0 Å². The number of methoxy groups -OCH3 is 1. The Balaban J connectivity index is 2.02. The molecule has 0 fully saturated rings. The third-order valence-electron chi connectivity index (χ3n) is 2.56. The number of ether oxygens (including phenoxy) is 1. The Kier molecular flexibility index (Phi) is 5.23. The fourth-order valence-corrected chi connectivity index (χ4v) is 2.63. The highest BCUT2D eigenvalue weighted by molar-refractivity contribution is 7.13. The first-order chi connectivity index (χ1) is 9.60. The van der Waals surface area contributed by atoms with Gasteiger partial charge in [-0.15, -0.1) is 11.3 Å². The quantitative estimate of drug-likeness (QED) is 0.830. The minimum Gasteiger partial charge on any atom is -0.469 e. The Bertz CT molecular complexity index is 616. The summed E-state index contributed by atoms with van der Waals surface area (Å²) < 4.78 is 4.59. The second kappa shape index (κ2) is 6.92. The minimum absolute atomic E-state index is 0.245. The molecule has 7 heteroatoms. The molecule has 0 radical (unpaired) electrons. The molecule has 0 saturated carbocycles. The van der Waals surface area contributed by atoms with Crippen LogP contribution in [0.4, 0.5) is 10.8 Å². The number of anilines is 2. The molecule has 0 amide bonds. The number of aromatic nitrogens is 1. The number of thiazole rings is 1. The molecule has 1 N–H and O–H groups in total. The number of nitrogens with zero attached hydrogens (tertiary/aromatic N) is 1. The highest BCUT2D eigenvalue weighted by Gasteiger charge is 2.08. The summed E-state index contributed by atoms with van der Waals surface area (Å²) in [5.41, 5.74) is 1.54. The first kappa shape index (κ1) is 15.1. The van der Waals surface area contributed by atoms with Crippen LogP contribution < -0.4 is 5.32 Å². The summed E-state index contributed by atoms with van der Waals surface area (Å²) in [6.45, 7) is 0. The third-order valence-corrected chi connectivity index (χ3v) is 4.18. The first-order valence-electron chi connectivity index (χ1n) is 5.82. The molecular weight excluding hydrogens is 319 g/mol. The standard InChI is InChI=1S/C13H12Cl2N2O2S/c1-19-11(18)6-5-8-7-20-13(16-8)17-10-4-2-3-9(14)12(10)15/h2-4,7H,5-6H2,1H3,(H,16,17). The number of hydrogen-bond acceptors (Lipinski definition) is 5. The van der Waals surface area contributed by atoms with E-state index in [1.165, 1.54) is 18.4 Å². The van der Waals surface area contributed by atoms with Gasteiger partial charge in [-0.2, -0.15) is 0 Å². The molecule has 0 saturated heterocycles. The van der Waals surface area contributed by atoms with Crippen molar-refractivity contribution >= 4 is 51.3 Å². The van der Waals surface area contributed by atoms with Gasteiger partial charge in [-0.1, -0.05) is 29.3 Å². The fraction of sp³-hybridized carbons (Fsp3) is 0.231. The zero-order chi connectivity index (χ0) is 14.5. The lowest BCUT2D eigenvalue weighted by Crippen LogP contribution is -2.02. The summed E-state index contributed by atoms with van der Waals surface area (Å²) in [6.07, 6.45) is 0.867. The fourth-order valence-electron chi connectivity index (χ4n) is 1.53. The van der Waals surface area contributed by atoms with Gasteiger partial charge in [0, 0.05) is 11.8 Å². The number of hydrogen-bond donors (Lipinski definition) is 1. The lowest BCUT2D eigenvalue weighted by atomic mass is 10.2. The van der Waals surface area contributed by atoms with Crippen molar-refractivity contribution in [2.75, 3.05) is 12.4 Å². The molecule has 0 aliphatic rings. The number of aryl methyl sites for hydroxylation is 1. The third kappa shape index (κ3) is 3.85. The Morgan fingerprint density at radius 1 is 1.45 bits per heavy atom. The van der Waals surface area contributed by atoms with Crippen LogP contribution >= 0.6 is 34.5 Å². The van der Waals surface area contributed by atoms with Crippen molar-refractivity contribution < 1.29 is 9.53 Å². The van der Waals surface area contributed by atoms with E-state index in [0.717, 1.165) is 5.69 Å². The molecular formula is C13H12Cl2N2O2S. The minimum atomic E-state index is -0.245. The summed E-state index contributed by atoms with van der Waals surface area (Å²) >= 11 is 13.5. The van der Waals surface area contributed by atoms with Gasteiger partial charge < -0.3 is 10.1 Å². The van der Waals surface area contributed by atoms with E-state index in [9.17, 15) is 4.79 Å². The van der Waals surface area contributed by atoms with Crippen molar-refractivity contribution in [2.45, 2.75) is 12.8 Å². The maximum atomic E-state index is 11.1. The van der Waals surface area contributed by atoms with Crippen molar-refractivity contribution in [3.05, 3.63) is 39.3 Å². The highest BCUT2D eigenvalue weighted by Crippen LogP contribution is 2.32. The Morgan fingerprint density at radius 2 is 2.25 bits per heavy atom. The van der Waals surface area contributed by atoms with Crippen LogP contribution in [0.5, 0.6) is 0 Å². The summed E-state index contributed by atoms with van der Waals surface area (Å²) in [4.78, 5) is 15.5. The maximum Gasteiger partial charge on any atom is 0.305 e. The Labute approximate surface area is 130 Å². The molecule has 2 aromatic rings. The lowest BCUT2D eigenvalue weighted by molar-refractivity contribution is -0.140. The zero-order valence-electron chi connectivity index (χ0n) is 10.7.